The zero-order valence-electron chi connectivity index (χ0n) is 12.7. The normalized spacial score (nSPS) is 20.4. The summed E-state index contributed by atoms with van der Waals surface area (Å²) in [5.41, 5.74) is 0.387. The first-order valence-corrected chi connectivity index (χ1v) is 7.39. The van der Waals surface area contributed by atoms with Crippen molar-refractivity contribution in [3.05, 3.63) is 41.3 Å². The van der Waals surface area contributed by atoms with Crippen molar-refractivity contribution < 1.29 is 14.0 Å². The third-order valence-corrected chi connectivity index (χ3v) is 3.94. The highest BCUT2D eigenvalue weighted by molar-refractivity contribution is 6.30. The molecular weight excluding hydrogens is 304 g/mol. The van der Waals surface area contributed by atoms with E-state index in [0.29, 0.717) is 22.5 Å². The van der Waals surface area contributed by atoms with E-state index in [4.69, 9.17) is 25.6 Å². The molecule has 0 N–H and O–H groups in total. The molecule has 116 valence electrons. The van der Waals surface area contributed by atoms with Crippen LogP contribution in [-0.4, -0.2) is 29.0 Å². The monoisotopic (exact) mass is 320 g/mol. The fourth-order valence-corrected chi connectivity index (χ4v) is 2.57. The third-order valence-electron chi connectivity index (χ3n) is 3.69. The molecule has 1 atom stereocenters. The van der Waals surface area contributed by atoms with Crippen LogP contribution in [0.3, 0.4) is 0 Å². The molecule has 0 saturated carbocycles. The van der Waals surface area contributed by atoms with Gasteiger partial charge in [0.2, 0.25) is 5.82 Å². The van der Waals surface area contributed by atoms with Crippen molar-refractivity contribution in [2.75, 3.05) is 7.11 Å². The van der Waals surface area contributed by atoms with Gasteiger partial charge in [-0.3, -0.25) is 0 Å². The molecule has 1 aromatic carbocycles. The van der Waals surface area contributed by atoms with Gasteiger partial charge in [-0.1, -0.05) is 16.8 Å². The van der Waals surface area contributed by atoms with Gasteiger partial charge < -0.3 is 14.0 Å². The fourth-order valence-electron chi connectivity index (χ4n) is 2.44. The summed E-state index contributed by atoms with van der Waals surface area (Å²) in [6.45, 7) is 3.95. The predicted octanol–water partition coefficient (Wildman–Crippen LogP) is 3.94. The molecule has 1 aliphatic rings. The molecule has 0 fully saturated rings. The zero-order valence-corrected chi connectivity index (χ0v) is 13.4. The van der Waals surface area contributed by atoms with Gasteiger partial charge in [-0.25, -0.2) is 0 Å². The van der Waals surface area contributed by atoms with Crippen LogP contribution in [0.1, 0.15) is 26.2 Å². The molecule has 22 heavy (non-hydrogen) atoms. The Kier molecular flexibility index (Phi) is 3.93. The SMILES string of the molecule is CO[C@H]1CC=C(c2nc(-c3ccc(Cl)cc3)no2)OC1(C)C. The van der Waals surface area contributed by atoms with E-state index in [-0.39, 0.29) is 6.10 Å². The predicted molar refractivity (Wildman–Crippen MR) is 83.3 cm³/mol. The van der Waals surface area contributed by atoms with Gasteiger partial charge in [0.25, 0.3) is 5.89 Å². The Labute approximate surface area is 133 Å². The quantitative estimate of drug-likeness (QED) is 0.857. The molecule has 1 aromatic heterocycles. The molecule has 2 heterocycles. The second kappa shape index (κ2) is 5.74. The van der Waals surface area contributed by atoms with Gasteiger partial charge in [0.15, 0.2) is 5.76 Å². The fraction of sp³-hybridized carbons (Fsp3) is 0.375. The minimum atomic E-state index is -0.451. The van der Waals surface area contributed by atoms with Crippen molar-refractivity contribution in [1.29, 1.82) is 0 Å². The highest BCUT2D eigenvalue weighted by Crippen LogP contribution is 2.33. The van der Waals surface area contributed by atoms with Crippen LogP contribution in [0.15, 0.2) is 34.9 Å². The van der Waals surface area contributed by atoms with E-state index >= 15 is 0 Å². The Morgan fingerprint density at radius 1 is 1.27 bits per heavy atom. The molecule has 0 spiro atoms. The van der Waals surface area contributed by atoms with Crippen molar-refractivity contribution in [1.82, 2.24) is 10.1 Å². The summed E-state index contributed by atoms with van der Waals surface area (Å²) in [6.07, 6.45) is 2.64. The lowest BCUT2D eigenvalue weighted by Gasteiger charge is -2.36. The number of benzene rings is 1. The molecule has 0 aliphatic carbocycles. The molecule has 0 bridgehead atoms. The summed E-state index contributed by atoms with van der Waals surface area (Å²) >= 11 is 5.88. The van der Waals surface area contributed by atoms with E-state index in [1.165, 1.54) is 0 Å². The van der Waals surface area contributed by atoms with Crippen LogP contribution in [-0.2, 0) is 9.47 Å². The average molecular weight is 321 g/mol. The Hall–Kier alpha value is -1.85. The zero-order chi connectivity index (χ0) is 15.7. The maximum Gasteiger partial charge on any atom is 0.292 e. The molecule has 0 amide bonds. The minimum Gasteiger partial charge on any atom is -0.480 e. The summed E-state index contributed by atoms with van der Waals surface area (Å²) in [5.74, 6) is 1.46. The van der Waals surface area contributed by atoms with Gasteiger partial charge in [0.05, 0.1) is 6.10 Å². The maximum absolute atomic E-state index is 5.95. The van der Waals surface area contributed by atoms with Crippen molar-refractivity contribution in [3.63, 3.8) is 0 Å². The molecule has 0 radical (unpaired) electrons. The lowest BCUT2D eigenvalue weighted by Crippen LogP contribution is -2.42. The van der Waals surface area contributed by atoms with Crippen LogP contribution >= 0.6 is 11.6 Å². The van der Waals surface area contributed by atoms with E-state index in [1.54, 1.807) is 19.2 Å². The Bertz CT molecular complexity index is 692. The van der Waals surface area contributed by atoms with E-state index in [2.05, 4.69) is 10.1 Å². The van der Waals surface area contributed by atoms with Crippen molar-refractivity contribution in [2.24, 2.45) is 0 Å². The van der Waals surface area contributed by atoms with Crippen molar-refractivity contribution in [3.8, 4) is 11.4 Å². The van der Waals surface area contributed by atoms with Crippen molar-refractivity contribution in [2.45, 2.75) is 32.0 Å². The van der Waals surface area contributed by atoms with Crippen LogP contribution in [0, 0.1) is 0 Å². The first kappa shape index (κ1) is 15.1. The van der Waals surface area contributed by atoms with Crippen LogP contribution in [0.5, 0.6) is 0 Å². The summed E-state index contributed by atoms with van der Waals surface area (Å²) in [6, 6.07) is 7.27. The highest BCUT2D eigenvalue weighted by Gasteiger charge is 2.36. The number of nitrogens with zero attached hydrogens (tertiary/aromatic N) is 2. The Morgan fingerprint density at radius 2 is 2.00 bits per heavy atom. The number of rotatable bonds is 3. The first-order valence-electron chi connectivity index (χ1n) is 7.01. The van der Waals surface area contributed by atoms with E-state index < -0.39 is 5.60 Å². The second-order valence-electron chi connectivity index (χ2n) is 5.66. The largest absolute Gasteiger partial charge is 0.480 e. The topological polar surface area (TPSA) is 57.4 Å². The highest BCUT2D eigenvalue weighted by atomic mass is 35.5. The molecule has 0 unspecified atom stereocenters. The molecule has 1 aliphatic heterocycles. The molecule has 3 rings (SSSR count). The van der Waals surface area contributed by atoms with Crippen LogP contribution in [0.2, 0.25) is 5.02 Å². The summed E-state index contributed by atoms with van der Waals surface area (Å²) in [7, 11) is 1.68. The number of hydrogen-bond acceptors (Lipinski definition) is 5. The number of methoxy groups -OCH3 is 1. The Morgan fingerprint density at radius 3 is 2.64 bits per heavy atom. The first-order chi connectivity index (χ1) is 10.5. The molecule has 6 heteroatoms. The maximum atomic E-state index is 5.95. The summed E-state index contributed by atoms with van der Waals surface area (Å²) in [4.78, 5) is 4.40. The van der Waals surface area contributed by atoms with Crippen molar-refractivity contribution >= 4 is 17.4 Å². The third kappa shape index (κ3) is 2.87. The molecule has 5 nitrogen and oxygen atoms in total. The second-order valence-corrected chi connectivity index (χ2v) is 6.10. The molecular formula is C16H17ClN2O3. The number of hydrogen-bond donors (Lipinski definition) is 0. The van der Waals surface area contributed by atoms with Gasteiger partial charge in [0, 0.05) is 17.7 Å². The molecule has 0 saturated heterocycles. The van der Waals surface area contributed by atoms with Crippen LogP contribution in [0.4, 0.5) is 0 Å². The standard InChI is InChI=1S/C16H17ClN2O3/c1-16(2)13(20-3)9-8-12(21-16)15-18-14(19-22-15)10-4-6-11(17)7-5-10/h4-8,13H,9H2,1-3H3/t13-/m0/s1. The van der Waals surface area contributed by atoms with Gasteiger partial charge in [-0.2, -0.15) is 4.98 Å². The number of halogens is 1. The lowest BCUT2D eigenvalue weighted by molar-refractivity contribution is -0.0765. The molecule has 2 aromatic rings. The van der Waals surface area contributed by atoms with Gasteiger partial charge in [-0.15, -0.1) is 0 Å². The van der Waals surface area contributed by atoms with Gasteiger partial charge in [0.1, 0.15) is 5.60 Å². The minimum absolute atomic E-state index is 0.00472. The smallest absolute Gasteiger partial charge is 0.292 e. The van der Waals surface area contributed by atoms with Crippen LogP contribution in [0.25, 0.3) is 17.1 Å². The van der Waals surface area contributed by atoms with Gasteiger partial charge >= 0.3 is 0 Å². The summed E-state index contributed by atoms with van der Waals surface area (Å²) in [5, 5.41) is 4.66. The van der Waals surface area contributed by atoms with E-state index in [9.17, 15) is 0 Å². The number of ether oxygens (including phenoxy) is 2. The Balaban J connectivity index is 1.85. The van der Waals surface area contributed by atoms with Crippen LogP contribution < -0.4 is 0 Å². The number of aromatic nitrogens is 2. The van der Waals surface area contributed by atoms with E-state index in [0.717, 1.165) is 12.0 Å². The van der Waals surface area contributed by atoms with E-state index in [1.807, 2.05) is 32.1 Å². The lowest BCUT2D eigenvalue weighted by atomic mass is 9.95. The van der Waals surface area contributed by atoms with Gasteiger partial charge in [-0.05, 0) is 50.6 Å². The average Bonchev–Trinajstić information content (AvgIpc) is 2.97. The summed E-state index contributed by atoms with van der Waals surface area (Å²) < 4.78 is 16.7.